The van der Waals surface area contributed by atoms with E-state index in [0.717, 1.165) is 32.8 Å². The van der Waals surface area contributed by atoms with Crippen LogP contribution in [0.5, 0.6) is 0 Å². The largest absolute Gasteiger partial charge is 0.383 e. The second-order valence-electron chi connectivity index (χ2n) is 4.16. The summed E-state index contributed by atoms with van der Waals surface area (Å²) in [6, 6.07) is 4.23. The normalized spacial score (nSPS) is 10.9. The quantitative estimate of drug-likeness (QED) is 0.712. The van der Waals surface area contributed by atoms with E-state index in [-0.39, 0.29) is 0 Å². The number of imidazole rings is 1. The fraction of sp³-hybridized carbons (Fsp3) is 0.462. The number of nitrogens with one attached hydrogen (secondary N) is 1. The fourth-order valence-electron chi connectivity index (χ4n) is 1.86. The number of aryl methyl sites for hydroxylation is 2. The van der Waals surface area contributed by atoms with E-state index in [2.05, 4.69) is 37.8 Å². The van der Waals surface area contributed by atoms with Gasteiger partial charge in [-0.25, -0.2) is 4.98 Å². The maximum Gasteiger partial charge on any atom is 0.0946 e. The van der Waals surface area contributed by atoms with Crippen molar-refractivity contribution in [2.24, 2.45) is 0 Å². The molecular weight excluding hydrogens is 228 g/mol. The lowest BCUT2D eigenvalue weighted by Gasteiger charge is -2.10. The van der Waals surface area contributed by atoms with Crippen LogP contribution < -0.4 is 5.32 Å². The van der Waals surface area contributed by atoms with E-state index in [1.54, 1.807) is 7.11 Å². The summed E-state index contributed by atoms with van der Waals surface area (Å²) in [6.07, 6.45) is 7.76. The summed E-state index contributed by atoms with van der Waals surface area (Å²) in [4.78, 5) is 4.04. The van der Waals surface area contributed by atoms with E-state index in [9.17, 15) is 0 Å². The van der Waals surface area contributed by atoms with E-state index >= 15 is 0 Å². The lowest BCUT2D eigenvalue weighted by Crippen LogP contribution is -2.20. The van der Waals surface area contributed by atoms with Gasteiger partial charge in [0.25, 0.3) is 0 Å². The molecule has 2 aromatic rings. The molecule has 0 bridgehead atoms. The van der Waals surface area contributed by atoms with Crippen molar-refractivity contribution >= 4 is 0 Å². The van der Waals surface area contributed by atoms with Gasteiger partial charge in [-0.3, -0.25) is 0 Å². The Kier molecular flexibility index (Phi) is 4.99. The molecule has 0 aromatic carbocycles. The van der Waals surface area contributed by atoms with Crippen LogP contribution in [0.15, 0.2) is 37.1 Å². The maximum atomic E-state index is 5.01. The molecule has 5 heteroatoms. The molecule has 0 unspecified atom stereocenters. The van der Waals surface area contributed by atoms with Crippen molar-refractivity contribution in [1.29, 1.82) is 0 Å². The molecule has 0 aliphatic carbocycles. The Balaban J connectivity index is 1.79. The molecule has 0 fully saturated rings. The number of ether oxygens (including phenoxy) is 1. The highest BCUT2D eigenvalue weighted by Crippen LogP contribution is 2.03. The molecule has 0 aliphatic heterocycles. The lowest BCUT2D eigenvalue weighted by atomic mass is 10.4. The van der Waals surface area contributed by atoms with Crippen molar-refractivity contribution in [3.63, 3.8) is 0 Å². The number of hydrogen-bond donors (Lipinski definition) is 1. The van der Waals surface area contributed by atoms with Crippen LogP contribution in [0.25, 0.3) is 0 Å². The van der Waals surface area contributed by atoms with Crippen molar-refractivity contribution in [2.45, 2.75) is 19.6 Å². The summed E-state index contributed by atoms with van der Waals surface area (Å²) in [5.74, 6) is 0. The predicted octanol–water partition coefficient (Wildman–Crippen LogP) is 1.12. The van der Waals surface area contributed by atoms with Crippen molar-refractivity contribution in [3.8, 4) is 0 Å². The van der Waals surface area contributed by atoms with Crippen LogP contribution in [0.4, 0.5) is 0 Å². The molecule has 2 heterocycles. The van der Waals surface area contributed by atoms with Gasteiger partial charge in [-0.05, 0) is 12.1 Å². The van der Waals surface area contributed by atoms with E-state index < -0.39 is 0 Å². The number of hydrogen-bond acceptors (Lipinski definition) is 3. The number of rotatable bonds is 8. The average molecular weight is 248 g/mol. The van der Waals surface area contributed by atoms with Gasteiger partial charge in [0.05, 0.1) is 12.9 Å². The maximum absolute atomic E-state index is 5.01. The summed E-state index contributed by atoms with van der Waals surface area (Å²) in [7, 11) is 1.72. The van der Waals surface area contributed by atoms with E-state index in [1.807, 2.05) is 18.7 Å². The first-order valence-electron chi connectivity index (χ1n) is 6.19. The average Bonchev–Trinajstić information content (AvgIpc) is 3.03. The zero-order chi connectivity index (χ0) is 12.6. The Bertz CT molecular complexity index is 436. The summed E-state index contributed by atoms with van der Waals surface area (Å²) in [6.45, 7) is 4.41. The highest BCUT2D eigenvalue weighted by Gasteiger charge is 2.00. The Morgan fingerprint density at radius 1 is 1.33 bits per heavy atom. The van der Waals surface area contributed by atoms with Crippen LogP contribution in [0.1, 0.15) is 5.69 Å². The summed E-state index contributed by atoms with van der Waals surface area (Å²) in [5, 5.41) is 3.36. The van der Waals surface area contributed by atoms with Crippen LogP contribution in [0, 0.1) is 0 Å². The highest BCUT2D eigenvalue weighted by atomic mass is 16.5. The molecule has 0 aliphatic rings. The van der Waals surface area contributed by atoms with E-state index in [0.29, 0.717) is 0 Å². The van der Waals surface area contributed by atoms with Crippen LogP contribution in [-0.2, 0) is 24.4 Å². The monoisotopic (exact) mass is 248 g/mol. The topological polar surface area (TPSA) is 44.0 Å². The molecular formula is C13H20N4O. The van der Waals surface area contributed by atoms with Crippen molar-refractivity contribution < 1.29 is 4.74 Å². The minimum absolute atomic E-state index is 0.746. The van der Waals surface area contributed by atoms with E-state index in [4.69, 9.17) is 4.74 Å². The molecule has 98 valence electrons. The van der Waals surface area contributed by atoms with Gasteiger partial charge in [-0.2, -0.15) is 0 Å². The molecule has 18 heavy (non-hydrogen) atoms. The SMILES string of the molecule is COCCNCc1cccn1CCn1ccnc1. The van der Waals surface area contributed by atoms with Crippen LogP contribution >= 0.6 is 0 Å². The molecule has 0 saturated carbocycles. The van der Waals surface area contributed by atoms with Gasteiger partial charge in [0.2, 0.25) is 0 Å². The molecule has 2 aromatic heterocycles. The van der Waals surface area contributed by atoms with Gasteiger partial charge in [-0.15, -0.1) is 0 Å². The van der Waals surface area contributed by atoms with E-state index in [1.165, 1.54) is 5.69 Å². The molecule has 0 saturated heterocycles. The molecule has 0 atom stereocenters. The third-order valence-corrected chi connectivity index (χ3v) is 2.87. The summed E-state index contributed by atoms with van der Waals surface area (Å²) >= 11 is 0. The Morgan fingerprint density at radius 3 is 3.06 bits per heavy atom. The standard InChI is InChI=1S/C13H20N4O/c1-18-10-5-14-11-13-3-2-6-17(13)9-8-16-7-4-15-12-16/h2-4,6-7,12,14H,5,8-11H2,1H3. The zero-order valence-corrected chi connectivity index (χ0v) is 10.7. The number of methoxy groups -OCH3 is 1. The van der Waals surface area contributed by atoms with Gasteiger partial charge in [0.1, 0.15) is 0 Å². The van der Waals surface area contributed by atoms with Crippen molar-refractivity contribution in [3.05, 3.63) is 42.7 Å². The highest BCUT2D eigenvalue weighted by molar-refractivity contribution is 5.06. The van der Waals surface area contributed by atoms with Gasteiger partial charge in [0, 0.05) is 57.6 Å². The fourth-order valence-corrected chi connectivity index (χ4v) is 1.86. The number of aromatic nitrogens is 3. The molecule has 0 spiro atoms. The first-order valence-corrected chi connectivity index (χ1v) is 6.19. The van der Waals surface area contributed by atoms with Crippen LogP contribution in [-0.4, -0.2) is 34.4 Å². The first kappa shape index (κ1) is 12.9. The second-order valence-corrected chi connectivity index (χ2v) is 4.16. The van der Waals surface area contributed by atoms with Gasteiger partial charge in [-0.1, -0.05) is 0 Å². The van der Waals surface area contributed by atoms with Crippen LogP contribution in [0.3, 0.4) is 0 Å². The van der Waals surface area contributed by atoms with Gasteiger partial charge >= 0.3 is 0 Å². The predicted molar refractivity (Wildman–Crippen MR) is 70.2 cm³/mol. The molecule has 2 rings (SSSR count). The summed E-state index contributed by atoms with van der Waals surface area (Å²) in [5.41, 5.74) is 1.30. The Labute approximate surface area is 107 Å². The van der Waals surface area contributed by atoms with Gasteiger partial charge < -0.3 is 19.2 Å². The second kappa shape index (κ2) is 6.98. The zero-order valence-electron chi connectivity index (χ0n) is 10.7. The van der Waals surface area contributed by atoms with Gasteiger partial charge in [0.15, 0.2) is 0 Å². The van der Waals surface area contributed by atoms with Crippen molar-refractivity contribution in [1.82, 2.24) is 19.4 Å². The minimum Gasteiger partial charge on any atom is -0.383 e. The lowest BCUT2D eigenvalue weighted by molar-refractivity contribution is 0.199. The summed E-state index contributed by atoms with van der Waals surface area (Å²) < 4.78 is 9.36. The first-order chi connectivity index (χ1) is 8.90. The minimum atomic E-state index is 0.746. The van der Waals surface area contributed by atoms with Crippen LogP contribution in [0.2, 0.25) is 0 Å². The van der Waals surface area contributed by atoms with Crippen molar-refractivity contribution in [2.75, 3.05) is 20.3 Å². The third kappa shape index (κ3) is 3.72. The molecule has 0 amide bonds. The number of nitrogens with zero attached hydrogens (tertiary/aromatic N) is 3. The smallest absolute Gasteiger partial charge is 0.0946 e. The Morgan fingerprint density at radius 2 is 2.28 bits per heavy atom. The molecule has 5 nitrogen and oxygen atoms in total. The Hall–Kier alpha value is -1.59. The molecule has 0 radical (unpaired) electrons. The molecule has 1 N–H and O–H groups in total. The third-order valence-electron chi connectivity index (χ3n) is 2.87.